The fraction of sp³-hybridized carbons (Fsp3) is 0.455. The Labute approximate surface area is 82.5 Å². The molecule has 2 nitrogen and oxygen atoms in total. The molecule has 14 heavy (non-hydrogen) atoms. The summed E-state index contributed by atoms with van der Waals surface area (Å²) < 4.78 is 13.1. The van der Waals surface area contributed by atoms with Crippen molar-refractivity contribution in [3.63, 3.8) is 0 Å². The molecule has 0 radical (unpaired) electrons. The Morgan fingerprint density at radius 2 is 2.29 bits per heavy atom. The van der Waals surface area contributed by atoms with Crippen molar-refractivity contribution < 1.29 is 9.50 Å². The van der Waals surface area contributed by atoms with Crippen LogP contribution in [0.1, 0.15) is 35.6 Å². The van der Waals surface area contributed by atoms with E-state index < -0.39 is 0 Å². The molecule has 1 atom stereocenters. The zero-order chi connectivity index (χ0) is 10.1. The van der Waals surface area contributed by atoms with Gasteiger partial charge in [0, 0.05) is 6.04 Å². The second-order valence-electron chi connectivity index (χ2n) is 3.79. The van der Waals surface area contributed by atoms with Gasteiger partial charge in [0.1, 0.15) is 5.82 Å². The summed E-state index contributed by atoms with van der Waals surface area (Å²) in [5.41, 5.74) is 8.50. The molecule has 3 heteroatoms. The topological polar surface area (TPSA) is 46.2 Å². The molecule has 1 aromatic carbocycles. The van der Waals surface area contributed by atoms with Crippen LogP contribution in [0, 0.1) is 5.82 Å². The van der Waals surface area contributed by atoms with Crippen molar-refractivity contribution in [1.29, 1.82) is 0 Å². The molecular weight excluding hydrogens is 181 g/mol. The summed E-state index contributed by atoms with van der Waals surface area (Å²) in [6.07, 6.45) is 2.83. The Hall–Kier alpha value is -0.930. The van der Waals surface area contributed by atoms with Gasteiger partial charge >= 0.3 is 0 Å². The maximum absolute atomic E-state index is 13.1. The van der Waals surface area contributed by atoms with Gasteiger partial charge in [-0.2, -0.15) is 0 Å². The summed E-state index contributed by atoms with van der Waals surface area (Å²) >= 11 is 0. The molecule has 1 aliphatic rings. The fourth-order valence-electron chi connectivity index (χ4n) is 2.15. The fourth-order valence-corrected chi connectivity index (χ4v) is 2.15. The van der Waals surface area contributed by atoms with E-state index in [1.807, 2.05) is 0 Å². The lowest BCUT2D eigenvalue weighted by molar-refractivity contribution is 0.279. The monoisotopic (exact) mass is 195 g/mol. The highest BCUT2D eigenvalue weighted by Gasteiger charge is 2.20. The number of aliphatic hydroxyl groups is 1. The van der Waals surface area contributed by atoms with E-state index in [0.29, 0.717) is 5.56 Å². The molecule has 0 fully saturated rings. The molecule has 0 saturated carbocycles. The van der Waals surface area contributed by atoms with Crippen LogP contribution in [0.3, 0.4) is 0 Å². The van der Waals surface area contributed by atoms with Crippen LogP contribution in [-0.4, -0.2) is 5.11 Å². The highest BCUT2D eigenvalue weighted by molar-refractivity contribution is 5.39. The predicted octanol–water partition coefficient (Wildman–Crippen LogP) is 1.65. The van der Waals surface area contributed by atoms with Gasteiger partial charge in [-0.3, -0.25) is 0 Å². The van der Waals surface area contributed by atoms with E-state index in [1.54, 1.807) is 0 Å². The van der Waals surface area contributed by atoms with Crippen molar-refractivity contribution in [3.8, 4) is 0 Å². The minimum absolute atomic E-state index is 0.0697. The van der Waals surface area contributed by atoms with E-state index in [0.717, 1.165) is 30.4 Å². The van der Waals surface area contributed by atoms with Crippen LogP contribution in [0.5, 0.6) is 0 Å². The van der Waals surface area contributed by atoms with Gasteiger partial charge in [0.15, 0.2) is 0 Å². The molecule has 0 saturated heterocycles. The zero-order valence-corrected chi connectivity index (χ0v) is 7.96. The van der Waals surface area contributed by atoms with Crippen LogP contribution in [-0.2, 0) is 13.0 Å². The van der Waals surface area contributed by atoms with Crippen LogP contribution in [0.15, 0.2) is 12.1 Å². The molecule has 1 unspecified atom stereocenters. The van der Waals surface area contributed by atoms with Gasteiger partial charge in [0.25, 0.3) is 0 Å². The molecular formula is C11H14FNO. The summed E-state index contributed by atoms with van der Waals surface area (Å²) in [7, 11) is 0. The predicted molar refractivity (Wildman–Crippen MR) is 52.2 cm³/mol. The molecule has 2 rings (SSSR count). The SMILES string of the molecule is NC1CCCc2c(CO)cc(F)cc21. The number of hydrogen-bond acceptors (Lipinski definition) is 2. The molecule has 0 spiro atoms. The van der Waals surface area contributed by atoms with Gasteiger partial charge in [-0.15, -0.1) is 0 Å². The van der Waals surface area contributed by atoms with Gasteiger partial charge in [-0.1, -0.05) is 0 Å². The van der Waals surface area contributed by atoms with Crippen LogP contribution >= 0.6 is 0 Å². The Morgan fingerprint density at radius 3 is 3.00 bits per heavy atom. The van der Waals surface area contributed by atoms with Crippen LogP contribution in [0.2, 0.25) is 0 Å². The molecule has 0 aliphatic heterocycles. The van der Waals surface area contributed by atoms with Crippen molar-refractivity contribution in [2.45, 2.75) is 31.9 Å². The lowest BCUT2D eigenvalue weighted by atomic mass is 9.85. The standard InChI is InChI=1S/C11H14FNO/c12-8-4-7(6-14)9-2-1-3-11(13)10(9)5-8/h4-5,11,14H,1-3,6,13H2. The Bertz CT molecular complexity index is 351. The highest BCUT2D eigenvalue weighted by atomic mass is 19.1. The molecule has 0 bridgehead atoms. The quantitative estimate of drug-likeness (QED) is 0.715. The first-order chi connectivity index (χ1) is 6.72. The van der Waals surface area contributed by atoms with Gasteiger partial charge < -0.3 is 10.8 Å². The Balaban J connectivity index is 2.54. The van der Waals surface area contributed by atoms with Crippen molar-refractivity contribution in [2.24, 2.45) is 5.73 Å². The molecule has 0 heterocycles. The third kappa shape index (κ3) is 1.53. The van der Waals surface area contributed by atoms with E-state index in [9.17, 15) is 4.39 Å². The summed E-state index contributed by atoms with van der Waals surface area (Å²) in [5.74, 6) is -0.301. The zero-order valence-electron chi connectivity index (χ0n) is 7.96. The number of nitrogens with two attached hydrogens (primary N) is 1. The number of fused-ring (bicyclic) bond motifs is 1. The number of halogens is 1. The molecule has 1 aromatic rings. The molecule has 76 valence electrons. The molecule has 0 aromatic heterocycles. The minimum atomic E-state index is -0.301. The summed E-state index contributed by atoms with van der Waals surface area (Å²) in [4.78, 5) is 0. The van der Waals surface area contributed by atoms with E-state index in [4.69, 9.17) is 10.8 Å². The Morgan fingerprint density at radius 1 is 1.50 bits per heavy atom. The number of benzene rings is 1. The van der Waals surface area contributed by atoms with Gasteiger partial charge in [-0.25, -0.2) is 4.39 Å². The normalized spacial score (nSPS) is 20.6. The molecule has 1 aliphatic carbocycles. The van der Waals surface area contributed by atoms with Crippen molar-refractivity contribution in [2.75, 3.05) is 0 Å². The number of rotatable bonds is 1. The lowest BCUT2D eigenvalue weighted by Crippen LogP contribution is -2.19. The molecule has 0 amide bonds. The minimum Gasteiger partial charge on any atom is -0.392 e. The average Bonchev–Trinajstić information content (AvgIpc) is 2.18. The van der Waals surface area contributed by atoms with E-state index in [-0.39, 0.29) is 18.5 Å². The largest absolute Gasteiger partial charge is 0.392 e. The first-order valence-corrected chi connectivity index (χ1v) is 4.90. The van der Waals surface area contributed by atoms with Gasteiger partial charge in [0.05, 0.1) is 6.61 Å². The average molecular weight is 195 g/mol. The lowest BCUT2D eigenvalue weighted by Gasteiger charge is -2.24. The van der Waals surface area contributed by atoms with E-state index in [1.165, 1.54) is 12.1 Å². The maximum atomic E-state index is 13.1. The summed E-state index contributed by atoms with van der Waals surface area (Å²) in [6.45, 7) is -0.104. The third-order valence-corrected chi connectivity index (χ3v) is 2.85. The van der Waals surface area contributed by atoms with Crippen molar-refractivity contribution >= 4 is 0 Å². The third-order valence-electron chi connectivity index (χ3n) is 2.85. The van der Waals surface area contributed by atoms with Crippen LogP contribution < -0.4 is 5.73 Å². The number of hydrogen-bond donors (Lipinski definition) is 2. The molecule has 3 N–H and O–H groups in total. The Kier molecular flexibility index (Phi) is 2.52. The first kappa shape index (κ1) is 9.62. The van der Waals surface area contributed by atoms with Gasteiger partial charge in [-0.05, 0) is 48.1 Å². The van der Waals surface area contributed by atoms with Crippen LogP contribution in [0.4, 0.5) is 4.39 Å². The van der Waals surface area contributed by atoms with E-state index >= 15 is 0 Å². The van der Waals surface area contributed by atoms with E-state index in [2.05, 4.69) is 0 Å². The second-order valence-corrected chi connectivity index (χ2v) is 3.79. The highest BCUT2D eigenvalue weighted by Crippen LogP contribution is 2.31. The van der Waals surface area contributed by atoms with Crippen molar-refractivity contribution in [1.82, 2.24) is 0 Å². The second kappa shape index (κ2) is 3.67. The number of aliphatic hydroxyl groups excluding tert-OH is 1. The summed E-state index contributed by atoms with van der Waals surface area (Å²) in [5, 5.41) is 9.10. The van der Waals surface area contributed by atoms with Crippen molar-refractivity contribution in [3.05, 3.63) is 34.6 Å². The van der Waals surface area contributed by atoms with Crippen LogP contribution in [0.25, 0.3) is 0 Å². The maximum Gasteiger partial charge on any atom is 0.123 e. The smallest absolute Gasteiger partial charge is 0.123 e. The summed E-state index contributed by atoms with van der Waals surface area (Å²) in [6, 6.07) is 2.83. The first-order valence-electron chi connectivity index (χ1n) is 4.90. The van der Waals surface area contributed by atoms with Gasteiger partial charge in [0.2, 0.25) is 0 Å².